The zero-order valence-electron chi connectivity index (χ0n) is 8.32. The number of aliphatic hydroxyl groups excluding tert-OH is 2. The Morgan fingerprint density at radius 3 is 1.58 bits per heavy atom. The quantitative estimate of drug-likeness (QED) is 0.616. The van der Waals surface area contributed by atoms with Crippen molar-refractivity contribution in [3.8, 4) is 0 Å². The number of nitrogens with zero attached hydrogens (tertiary/aromatic N) is 1. The first-order chi connectivity index (χ1) is 5.60. The van der Waals surface area contributed by atoms with Crippen molar-refractivity contribution < 1.29 is 10.2 Å². The molecule has 0 amide bonds. The minimum atomic E-state index is -0.265. The minimum Gasteiger partial charge on any atom is -0.392 e. The van der Waals surface area contributed by atoms with Crippen LogP contribution >= 0.6 is 0 Å². The highest BCUT2D eigenvalue weighted by Crippen LogP contribution is 1.97. The average Bonchev–Trinajstić information content (AvgIpc) is 2.03. The summed E-state index contributed by atoms with van der Waals surface area (Å²) in [7, 11) is 1.91. The third-order valence-corrected chi connectivity index (χ3v) is 1.99. The van der Waals surface area contributed by atoms with Crippen molar-refractivity contribution in [3.05, 3.63) is 0 Å². The fourth-order valence-corrected chi connectivity index (χ4v) is 1.05. The highest BCUT2D eigenvalue weighted by molar-refractivity contribution is 4.63. The minimum absolute atomic E-state index is 0.265. The van der Waals surface area contributed by atoms with Gasteiger partial charge in [-0.2, -0.15) is 0 Å². The number of aliphatic hydroxyl groups is 2. The van der Waals surface area contributed by atoms with Gasteiger partial charge < -0.3 is 15.1 Å². The van der Waals surface area contributed by atoms with Gasteiger partial charge in [-0.1, -0.05) is 13.8 Å². The number of hydrogen-bond acceptors (Lipinski definition) is 3. The van der Waals surface area contributed by atoms with E-state index in [1.807, 2.05) is 25.8 Å². The van der Waals surface area contributed by atoms with E-state index in [1.54, 1.807) is 0 Å². The Morgan fingerprint density at radius 2 is 1.33 bits per heavy atom. The topological polar surface area (TPSA) is 43.7 Å². The van der Waals surface area contributed by atoms with Gasteiger partial charge in [-0.25, -0.2) is 0 Å². The Labute approximate surface area is 75.0 Å². The normalized spacial score (nSPS) is 16.5. The summed E-state index contributed by atoms with van der Waals surface area (Å²) in [4.78, 5) is 1.96. The second-order valence-electron chi connectivity index (χ2n) is 3.35. The molecule has 0 fully saturated rings. The molecule has 0 saturated carbocycles. The first-order valence-corrected chi connectivity index (χ1v) is 4.64. The van der Waals surface area contributed by atoms with E-state index >= 15 is 0 Å². The maximum Gasteiger partial charge on any atom is 0.0664 e. The van der Waals surface area contributed by atoms with Crippen LogP contribution in [0.5, 0.6) is 0 Å². The van der Waals surface area contributed by atoms with Crippen molar-refractivity contribution in [2.24, 2.45) is 0 Å². The Bertz CT molecular complexity index is 96.7. The van der Waals surface area contributed by atoms with Crippen LogP contribution in [0.1, 0.15) is 26.7 Å². The van der Waals surface area contributed by atoms with Gasteiger partial charge in [0, 0.05) is 13.1 Å². The first kappa shape index (κ1) is 11.9. The summed E-state index contributed by atoms with van der Waals surface area (Å²) in [5, 5.41) is 18.6. The van der Waals surface area contributed by atoms with Gasteiger partial charge in [0.05, 0.1) is 12.2 Å². The molecule has 0 spiro atoms. The first-order valence-electron chi connectivity index (χ1n) is 4.64. The summed E-state index contributed by atoms with van der Waals surface area (Å²) >= 11 is 0. The predicted molar refractivity (Wildman–Crippen MR) is 50.1 cm³/mol. The molecule has 2 atom stereocenters. The van der Waals surface area contributed by atoms with Gasteiger partial charge in [0.1, 0.15) is 0 Å². The second-order valence-corrected chi connectivity index (χ2v) is 3.35. The van der Waals surface area contributed by atoms with E-state index in [4.69, 9.17) is 0 Å². The van der Waals surface area contributed by atoms with E-state index in [0.29, 0.717) is 13.1 Å². The van der Waals surface area contributed by atoms with Crippen molar-refractivity contribution in [1.82, 2.24) is 4.90 Å². The highest BCUT2D eigenvalue weighted by atomic mass is 16.3. The van der Waals surface area contributed by atoms with Gasteiger partial charge >= 0.3 is 0 Å². The molecule has 0 unspecified atom stereocenters. The Morgan fingerprint density at radius 1 is 1.00 bits per heavy atom. The molecule has 0 heterocycles. The number of rotatable bonds is 6. The van der Waals surface area contributed by atoms with E-state index in [0.717, 1.165) is 12.8 Å². The van der Waals surface area contributed by atoms with Crippen LogP contribution < -0.4 is 0 Å². The maximum absolute atomic E-state index is 9.29. The molecule has 12 heavy (non-hydrogen) atoms. The third kappa shape index (κ3) is 5.52. The van der Waals surface area contributed by atoms with Gasteiger partial charge in [0.2, 0.25) is 0 Å². The predicted octanol–water partition coefficient (Wildman–Crippen LogP) is 0.460. The van der Waals surface area contributed by atoms with E-state index in [1.165, 1.54) is 0 Å². The zero-order chi connectivity index (χ0) is 9.56. The molecule has 74 valence electrons. The smallest absolute Gasteiger partial charge is 0.0664 e. The van der Waals surface area contributed by atoms with Gasteiger partial charge in [0.25, 0.3) is 0 Å². The Balaban J connectivity index is 3.51. The molecule has 0 aliphatic rings. The van der Waals surface area contributed by atoms with Crippen LogP contribution in [0.3, 0.4) is 0 Å². The summed E-state index contributed by atoms with van der Waals surface area (Å²) < 4.78 is 0. The van der Waals surface area contributed by atoms with Crippen molar-refractivity contribution >= 4 is 0 Å². The molecular weight excluding hydrogens is 154 g/mol. The lowest BCUT2D eigenvalue weighted by molar-refractivity contribution is 0.0802. The summed E-state index contributed by atoms with van der Waals surface area (Å²) in [6.45, 7) is 5.20. The lowest BCUT2D eigenvalue weighted by Gasteiger charge is -2.21. The SMILES string of the molecule is CC[C@@H](O)CN(C)C[C@H](O)CC. The molecule has 0 radical (unpaired) electrons. The summed E-state index contributed by atoms with van der Waals surface area (Å²) in [5.74, 6) is 0. The maximum atomic E-state index is 9.29. The van der Waals surface area contributed by atoms with Crippen LogP contribution in [0, 0.1) is 0 Å². The molecule has 0 aromatic heterocycles. The molecule has 3 heteroatoms. The van der Waals surface area contributed by atoms with Crippen molar-refractivity contribution in [2.45, 2.75) is 38.9 Å². The fraction of sp³-hybridized carbons (Fsp3) is 1.00. The molecule has 0 aliphatic carbocycles. The number of hydrogen-bond donors (Lipinski definition) is 2. The molecule has 2 N–H and O–H groups in total. The molecule has 0 aliphatic heterocycles. The van der Waals surface area contributed by atoms with Crippen LogP contribution in [0.4, 0.5) is 0 Å². The average molecular weight is 175 g/mol. The summed E-state index contributed by atoms with van der Waals surface area (Å²) in [6, 6.07) is 0. The van der Waals surface area contributed by atoms with Crippen LogP contribution in [0.25, 0.3) is 0 Å². The molecule has 0 aromatic carbocycles. The molecule has 3 nitrogen and oxygen atoms in total. The Hall–Kier alpha value is -0.120. The standard InChI is InChI=1S/C9H21NO2/c1-4-8(11)6-10(3)7-9(12)5-2/h8-9,11-12H,4-7H2,1-3H3/t8-,9-/m1/s1. The molecule has 0 saturated heterocycles. The van der Waals surface area contributed by atoms with Crippen molar-refractivity contribution in [2.75, 3.05) is 20.1 Å². The molecule has 0 bridgehead atoms. The van der Waals surface area contributed by atoms with Crippen molar-refractivity contribution in [1.29, 1.82) is 0 Å². The van der Waals surface area contributed by atoms with E-state index in [-0.39, 0.29) is 12.2 Å². The van der Waals surface area contributed by atoms with E-state index < -0.39 is 0 Å². The largest absolute Gasteiger partial charge is 0.392 e. The van der Waals surface area contributed by atoms with Crippen LogP contribution in [-0.4, -0.2) is 47.5 Å². The summed E-state index contributed by atoms with van der Waals surface area (Å²) in [5.41, 5.74) is 0. The summed E-state index contributed by atoms with van der Waals surface area (Å²) in [6.07, 6.45) is 1.01. The Kier molecular flexibility index (Phi) is 6.34. The fourth-order valence-electron chi connectivity index (χ4n) is 1.05. The van der Waals surface area contributed by atoms with Crippen LogP contribution in [0.15, 0.2) is 0 Å². The van der Waals surface area contributed by atoms with Crippen molar-refractivity contribution in [3.63, 3.8) is 0 Å². The molecule has 0 aromatic rings. The number of likely N-dealkylation sites (N-methyl/N-ethyl adjacent to an activating group) is 1. The second kappa shape index (κ2) is 6.40. The third-order valence-electron chi connectivity index (χ3n) is 1.99. The molecular formula is C9H21NO2. The van der Waals surface area contributed by atoms with Crippen LogP contribution in [-0.2, 0) is 0 Å². The van der Waals surface area contributed by atoms with Gasteiger partial charge in [-0.15, -0.1) is 0 Å². The zero-order valence-corrected chi connectivity index (χ0v) is 8.32. The van der Waals surface area contributed by atoms with Gasteiger partial charge in [0.15, 0.2) is 0 Å². The molecule has 0 rings (SSSR count). The van der Waals surface area contributed by atoms with Gasteiger partial charge in [-0.3, -0.25) is 0 Å². The monoisotopic (exact) mass is 175 g/mol. The lowest BCUT2D eigenvalue weighted by Crippen LogP contribution is -2.34. The van der Waals surface area contributed by atoms with E-state index in [2.05, 4.69) is 0 Å². The lowest BCUT2D eigenvalue weighted by atomic mass is 10.2. The van der Waals surface area contributed by atoms with Gasteiger partial charge in [-0.05, 0) is 19.9 Å². The highest BCUT2D eigenvalue weighted by Gasteiger charge is 2.09. The van der Waals surface area contributed by atoms with Crippen LogP contribution in [0.2, 0.25) is 0 Å². The van der Waals surface area contributed by atoms with E-state index in [9.17, 15) is 10.2 Å².